The Bertz CT molecular complexity index is 661. The van der Waals surface area contributed by atoms with E-state index in [1.807, 2.05) is 18.2 Å². The highest BCUT2D eigenvalue weighted by atomic mass is 16.7. The maximum Gasteiger partial charge on any atom is 0.231 e. The summed E-state index contributed by atoms with van der Waals surface area (Å²) in [6, 6.07) is 5.81. The van der Waals surface area contributed by atoms with Crippen molar-refractivity contribution in [2.45, 2.75) is 25.7 Å². The van der Waals surface area contributed by atoms with Gasteiger partial charge in [-0.3, -0.25) is 0 Å². The molecule has 5 nitrogen and oxygen atoms in total. The van der Waals surface area contributed by atoms with Gasteiger partial charge in [-0.05, 0) is 36.5 Å². The van der Waals surface area contributed by atoms with E-state index in [2.05, 4.69) is 12.1 Å². The molecule has 1 aliphatic carbocycles. The highest BCUT2D eigenvalue weighted by molar-refractivity contribution is 5.77. The molecule has 1 saturated carbocycles. The van der Waals surface area contributed by atoms with Crippen LogP contribution in [0.15, 0.2) is 22.7 Å². The molecule has 0 bridgehead atoms. The lowest BCUT2D eigenvalue weighted by Crippen LogP contribution is -1.99. The summed E-state index contributed by atoms with van der Waals surface area (Å²) in [5, 5.41) is 4.17. The van der Waals surface area contributed by atoms with Gasteiger partial charge in [0.05, 0.1) is 11.3 Å². The standard InChI is InChI=1S/C15H16N2O3/c1-8(9-2-3-9)14-13(15(16)20-17-14)10-4-5-11-12(6-10)19-7-18-11/h4-6,8-9H,2-3,7,16H2,1H3. The van der Waals surface area contributed by atoms with Crippen molar-refractivity contribution < 1.29 is 14.0 Å². The zero-order chi connectivity index (χ0) is 13.7. The minimum atomic E-state index is 0.267. The van der Waals surface area contributed by atoms with Gasteiger partial charge in [0.1, 0.15) is 0 Å². The van der Waals surface area contributed by atoms with E-state index >= 15 is 0 Å². The lowest BCUT2D eigenvalue weighted by Gasteiger charge is -2.09. The zero-order valence-corrected chi connectivity index (χ0v) is 11.3. The van der Waals surface area contributed by atoms with Gasteiger partial charge in [0.15, 0.2) is 11.5 Å². The predicted octanol–water partition coefficient (Wildman–Crippen LogP) is 3.17. The van der Waals surface area contributed by atoms with Crippen molar-refractivity contribution in [3.8, 4) is 22.6 Å². The summed E-state index contributed by atoms with van der Waals surface area (Å²) >= 11 is 0. The highest BCUT2D eigenvalue weighted by Gasteiger charge is 2.33. The first-order valence-corrected chi connectivity index (χ1v) is 6.89. The van der Waals surface area contributed by atoms with Crippen LogP contribution in [0.4, 0.5) is 5.88 Å². The molecule has 2 N–H and O–H groups in total. The van der Waals surface area contributed by atoms with Crippen molar-refractivity contribution in [3.05, 3.63) is 23.9 Å². The highest BCUT2D eigenvalue weighted by Crippen LogP contribution is 2.47. The van der Waals surface area contributed by atoms with E-state index in [0.29, 0.717) is 17.7 Å². The normalized spacial score (nSPS) is 18.2. The molecule has 104 valence electrons. The van der Waals surface area contributed by atoms with Crippen molar-refractivity contribution in [2.75, 3.05) is 12.5 Å². The molecule has 1 aliphatic heterocycles. The second-order valence-electron chi connectivity index (χ2n) is 5.50. The molecule has 1 atom stereocenters. The summed E-state index contributed by atoms with van der Waals surface area (Å²) in [7, 11) is 0. The average molecular weight is 272 g/mol. The van der Waals surface area contributed by atoms with Crippen LogP contribution in [0.1, 0.15) is 31.4 Å². The van der Waals surface area contributed by atoms with Gasteiger partial charge in [0.25, 0.3) is 0 Å². The summed E-state index contributed by atoms with van der Waals surface area (Å²) in [5.41, 5.74) is 8.78. The third kappa shape index (κ3) is 1.73. The number of hydrogen-bond donors (Lipinski definition) is 1. The van der Waals surface area contributed by atoms with E-state index < -0.39 is 0 Å². The number of rotatable bonds is 3. The van der Waals surface area contributed by atoms with Crippen LogP contribution in [0.25, 0.3) is 11.1 Å². The fraction of sp³-hybridized carbons (Fsp3) is 0.400. The predicted molar refractivity (Wildman–Crippen MR) is 73.6 cm³/mol. The monoisotopic (exact) mass is 272 g/mol. The number of nitrogens with zero attached hydrogens (tertiary/aromatic N) is 1. The van der Waals surface area contributed by atoms with Crippen LogP contribution in [0.5, 0.6) is 11.5 Å². The molecular weight excluding hydrogens is 256 g/mol. The second-order valence-corrected chi connectivity index (χ2v) is 5.50. The lowest BCUT2D eigenvalue weighted by atomic mass is 9.94. The SMILES string of the molecule is CC(c1noc(N)c1-c1ccc2c(c1)OCO2)C1CC1. The van der Waals surface area contributed by atoms with Crippen LogP contribution < -0.4 is 15.2 Å². The first kappa shape index (κ1) is 11.6. The molecule has 1 aromatic heterocycles. The van der Waals surface area contributed by atoms with Crippen LogP contribution in [0.3, 0.4) is 0 Å². The number of aromatic nitrogens is 1. The molecule has 1 unspecified atom stereocenters. The molecule has 2 aromatic rings. The van der Waals surface area contributed by atoms with Crippen molar-refractivity contribution in [3.63, 3.8) is 0 Å². The van der Waals surface area contributed by atoms with E-state index in [9.17, 15) is 0 Å². The van der Waals surface area contributed by atoms with Crippen molar-refractivity contribution >= 4 is 5.88 Å². The van der Waals surface area contributed by atoms with E-state index in [-0.39, 0.29) is 6.79 Å². The Balaban J connectivity index is 1.79. The fourth-order valence-electron chi connectivity index (χ4n) is 2.79. The van der Waals surface area contributed by atoms with Gasteiger partial charge in [-0.1, -0.05) is 18.1 Å². The summed E-state index contributed by atoms with van der Waals surface area (Å²) in [4.78, 5) is 0. The summed E-state index contributed by atoms with van der Waals surface area (Å²) in [6.07, 6.45) is 2.52. The van der Waals surface area contributed by atoms with Crippen molar-refractivity contribution in [1.29, 1.82) is 0 Å². The van der Waals surface area contributed by atoms with Crippen LogP contribution in [0.2, 0.25) is 0 Å². The van der Waals surface area contributed by atoms with E-state index in [4.69, 9.17) is 19.7 Å². The molecule has 20 heavy (non-hydrogen) atoms. The lowest BCUT2D eigenvalue weighted by molar-refractivity contribution is 0.174. The van der Waals surface area contributed by atoms with Crippen LogP contribution >= 0.6 is 0 Å². The molecule has 0 amide bonds. The molecule has 4 rings (SSSR count). The number of nitrogen functional groups attached to an aromatic ring is 1. The molecule has 2 heterocycles. The van der Waals surface area contributed by atoms with Gasteiger partial charge in [0, 0.05) is 5.92 Å². The van der Waals surface area contributed by atoms with Gasteiger partial charge >= 0.3 is 0 Å². The molecule has 1 fully saturated rings. The van der Waals surface area contributed by atoms with Gasteiger partial charge < -0.3 is 19.7 Å². The summed E-state index contributed by atoms with van der Waals surface area (Å²) in [6.45, 7) is 2.45. The number of hydrogen-bond acceptors (Lipinski definition) is 5. The third-order valence-electron chi connectivity index (χ3n) is 4.17. The largest absolute Gasteiger partial charge is 0.454 e. The zero-order valence-electron chi connectivity index (χ0n) is 11.3. The van der Waals surface area contributed by atoms with Crippen LogP contribution in [0, 0.1) is 5.92 Å². The summed E-state index contributed by atoms with van der Waals surface area (Å²) < 4.78 is 16.0. The Morgan fingerprint density at radius 1 is 1.25 bits per heavy atom. The smallest absolute Gasteiger partial charge is 0.231 e. The first-order valence-electron chi connectivity index (χ1n) is 6.89. The van der Waals surface area contributed by atoms with Gasteiger partial charge in [0.2, 0.25) is 12.7 Å². The number of benzene rings is 1. The number of nitrogens with two attached hydrogens (primary N) is 1. The van der Waals surface area contributed by atoms with E-state index in [1.54, 1.807) is 0 Å². The Morgan fingerprint density at radius 3 is 2.85 bits per heavy atom. The minimum absolute atomic E-state index is 0.267. The molecule has 0 radical (unpaired) electrons. The molecule has 1 aromatic carbocycles. The molecular formula is C15H16N2O3. The molecule has 0 saturated heterocycles. The fourth-order valence-corrected chi connectivity index (χ4v) is 2.79. The van der Waals surface area contributed by atoms with Gasteiger partial charge in [-0.2, -0.15) is 0 Å². The third-order valence-corrected chi connectivity index (χ3v) is 4.17. The van der Waals surface area contributed by atoms with E-state index in [0.717, 1.165) is 28.3 Å². The summed E-state index contributed by atoms with van der Waals surface area (Å²) in [5.74, 6) is 2.95. The minimum Gasteiger partial charge on any atom is -0.454 e. The maximum absolute atomic E-state index is 5.98. The van der Waals surface area contributed by atoms with E-state index in [1.165, 1.54) is 12.8 Å². The molecule has 2 aliphatic rings. The Hall–Kier alpha value is -2.17. The van der Waals surface area contributed by atoms with Crippen LogP contribution in [-0.4, -0.2) is 11.9 Å². The molecule has 5 heteroatoms. The maximum atomic E-state index is 5.98. The second kappa shape index (κ2) is 4.16. The topological polar surface area (TPSA) is 70.5 Å². The Kier molecular flexibility index (Phi) is 2.42. The number of ether oxygens (including phenoxy) is 2. The Labute approximate surface area is 116 Å². The van der Waals surface area contributed by atoms with Crippen molar-refractivity contribution in [2.24, 2.45) is 5.92 Å². The van der Waals surface area contributed by atoms with Crippen molar-refractivity contribution in [1.82, 2.24) is 5.16 Å². The number of fused-ring (bicyclic) bond motifs is 1. The van der Waals surface area contributed by atoms with Crippen LogP contribution in [-0.2, 0) is 0 Å². The van der Waals surface area contributed by atoms with Gasteiger partial charge in [-0.15, -0.1) is 0 Å². The quantitative estimate of drug-likeness (QED) is 0.929. The average Bonchev–Trinajstić information content (AvgIpc) is 3.08. The molecule has 0 spiro atoms. The number of anilines is 1. The first-order chi connectivity index (χ1) is 9.74. The van der Waals surface area contributed by atoms with Gasteiger partial charge in [-0.25, -0.2) is 0 Å². The Morgan fingerprint density at radius 2 is 2.05 bits per heavy atom.